The normalized spacial score (nSPS) is 13.0. The zero-order valence-electron chi connectivity index (χ0n) is 38.4. The summed E-state index contributed by atoms with van der Waals surface area (Å²) in [5.41, 5.74) is -0.287. The molecule has 0 radical (unpaired) electrons. The first-order chi connectivity index (χ1) is 27.0. The van der Waals surface area contributed by atoms with E-state index in [0.717, 1.165) is 15.8 Å². The summed E-state index contributed by atoms with van der Waals surface area (Å²) >= 11 is 9.17. The molecule has 0 aliphatic carbocycles. The Bertz CT molecular complexity index is 2180. The molecule has 0 amide bonds. The van der Waals surface area contributed by atoms with Gasteiger partial charge in [-0.15, -0.1) is 0 Å². The van der Waals surface area contributed by atoms with Gasteiger partial charge in [0.15, 0.2) is 17.3 Å². The number of sulfonamides is 1. The number of carbonyl (C=O) groups is 3. The molecule has 0 aliphatic heterocycles. The molecule has 3 aromatic heterocycles. The molecule has 0 unspecified atom stereocenters. The largest absolute Gasteiger partial charge is 0.361 e. The van der Waals surface area contributed by atoms with Crippen molar-refractivity contribution in [1.82, 2.24) is 25.1 Å². The summed E-state index contributed by atoms with van der Waals surface area (Å²) in [6.07, 6.45) is 0.582. The van der Waals surface area contributed by atoms with Gasteiger partial charge in [0.05, 0.1) is 56.6 Å². The summed E-state index contributed by atoms with van der Waals surface area (Å²) in [6, 6.07) is 11.3. The summed E-state index contributed by atoms with van der Waals surface area (Å²) < 4.78 is 42.1. The second-order valence-corrected chi connectivity index (χ2v) is 23.8. The number of carbonyl (C=O) groups excluding carboxylic acids is 3. The van der Waals surface area contributed by atoms with Crippen LogP contribution in [0.5, 0.6) is 0 Å². The maximum atomic E-state index is 12.9. The predicted octanol–water partition coefficient (Wildman–Crippen LogP) is 9.18. The van der Waals surface area contributed by atoms with E-state index in [9.17, 15) is 22.8 Å². The van der Waals surface area contributed by atoms with Crippen LogP contribution in [0.4, 0.5) is 0 Å². The van der Waals surface area contributed by atoms with Gasteiger partial charge < -0.3 is 18.9 Å². The molecule has 0 atom stereocenters. The third-order valence-electron chi connectivity index (χ3n) is 9.85. The van der Waals surface area contributed by atoms with Crippen LogP contribution < -0.4 is 5.32 Å². The van der Waals surface area contributed by atoms with Crippen LogP contribution in [0.2, 0.25) is 5.02 Å². The van der Waals surface area contributed by atoms with Gasteiger partial charge in [0.2, 0.25) is 10.0 Å². The first kappa shape index (κ1) is 52.6. The molecule has 334 valence electrons. The molecule has 0 saturated heterocycles. The maximum absolute atomic E-state index is 12.9. The predicted molar refractivity (Wildman–Crippen MR) is 238 cm³/mol. The standard InChI is InChI=1S/C19H25ClN2O4S.C13H22N2O2.C12H18BrNO2/c1-18(2,3)17-12-14(21-26-17)11-16(23)19(4,5)22(6)27(24,25)15-9-7-13(20)8-10-15;1-12(2,3)11-8-9(15-17-11)7-10(16)13(4,5)14-6;1-11(2,3)10-7-8(14-16-10)6-9(15)12(4,5)13/h7-10,12H,11H2,1-6H3;8,14H,7H2,1-6H3;7H,6H2,1-5H3. The average molecular weight is 939 g/mol. The maximum Gasteiger partial charge on any atom is 0.243 e. The van der Waals surface area contributed by atoms with Crippen molar-refractivity contribution >= 4 is 54.9 Å². The number of rotatable bonds is 13. The molecular formula is C44H65BrClN5O8S. The number of nitrogens with zero attached hydrogens (tertiary/aromatic N) is 4. The molecule has 0 saturated carbocycles. The summed E-state index contributed by atoms with van der Waals surface area (Å²) in [5, 5.41) is 15.2. The van der Waals surface area contributed by atoms with Crippen LogP contribution >= 0.6 is 27.5 Å². The van der Waals surface area contributed by atoms with Gasteiger partial charge >= 0.3 is 0 Å². The minimum Gasteiger partial charge on any atom is -0.361 e. The van der Waals surface area contributed by atoms with Gasteiger partial charge in [-0.1, -0.05) is 105 Å². The van der Waals surface area contributed by atoms with Crippen molar-refractivity contribution in [3.05, 3.63) is 81.8 Å². The Morgan fingerprint density at radius 2 is 0.967 bits per heavy atom. The minimum atomic E-state index is -3.86. The summed E-state index contributed by atoms with van der Waals surface area (Å²) in [5.74, 6) is 2.21. The molecule has 0 bridgehead atoms. The lowest BCUT2D eigenvalue weighted by Crippen LogP contribution is -2.51. The van der Waals surface area contributed by atoms with Gasteiger partial charge in [0.25, 0.3) is 0 Å². The number of benzene rings is 1. The van der Waals surface area contributed by atoms with E-state index >= 15 is 0 Å². The number of likely N-dealkylation sites (N-methyl/N-ethyl adjacent to an activating group) is 2. The Labute approximate surface area is 370 Å². The average Bonchev–Trinajstić information content (AvgIpc) is 3.90. The van der Waals surface area contributed by atoms with E-state index in [1.165, 1.54) is 31.3 Å². The van der Waals surface area contributed by atoms with E-state index in [-0.39, 0.29) is 44.9 Å². The zero-order chi connectivity index (χ0) is 46.4. The Kier molecular flexibility index (Phi) is 17.3. The first-order valence-electron chi connectivity index (χ1n) is 19.6. The highest BCUT2D eigenvalue weighted by molar-refractivity contribution is 9.10. The van der Waals surface area contributed by atoms with Crippen LogP contribution in [0.15, 0.2) is 60.9 Å². The van der Waals surface area contributed by atoms with Crippen molar-refractivity contribution < 1.29 is 36.4 Å². The van der Waals surface area contributed by atoms with Gasteiger partial charge in [-0.25, -0.2) is 8.42 Å². The molecule has 1 aromatic carbocycles. The Hall–Kier alpha value is -3.50. The number of Topliss-reactive ketones (excluding diaryl/α,β-unsaturated/α-hetero) is 3. The molecule has 4 rings (SSSR count). The van der Waals surface area contributed by atoms with Gasteiger partial charge in [-0.05, 0) is 72.9 Å². The monoisotopic (exact) mass is 937 g/mol. The lowest BCUT2D eigenvalue weighted by molar-refractivity contribution is -0.126. The molecule has 1 N–H and O–H groups in total. The Morgan fingerprint density at radius 3 is 1.27 bits per heavy atom. The first-order valence-corrected chi connectivity index (χ1v) is 22.2. The fraction of sp³-hybridized carbons (Fsp3) is 0.591. The van der Waals surface area contributed by atoms with Crippen LogP contribution in [0.25, 0.3) is 0 Å². The molecule has 0 spiro atoms. The van der Waals surface area contributed by atoms with Gasteiger partial charge in [-0.2, -0.15) is 4.31 Å². The summed E-state index contributed by atoms with van der Waals surface area (Å²) in [4.78, 5) is 36.7. The number of hydrogen-bond acceptors (Lipinski definition) is 12. The highest BCUT2D eigenvalue weighted by Gasteiger charge is 2.40. The fourth-order valence-electron chi connectivity index (χ4n) is 4.77. The summed E-state index contributed by atoms with van der Waals surface area (Å²) in [7, 11) is -0.686. The second kappa shape index (κ2) is 19.7. The van der Waals surface area contributed by atoms with Crippen molar-refractivity contribution in [3.8, 4) is 0 Å². The number of nitrogens with one attached hydrogen (secondary N) is 1. The van der Waals surface area contributed by atoms with Crippen LogP contribution in [-0.2, 0) is 59.9 Å². The van der Waals surface area contributed by atoms with Crippen molar-refractivity contribution in [2.45, 2.75) is 160 Å². The van der Waals surface area contributed by atoms with E-state index in [1.807, 2.05) is 81.4 Å². The molecule has 16 heteroatoms. The van der Waals surface area contributed by atoms with Gasteiger partial charge in [0.1, 0.15) is 17.3 Å². The van der Waals surface area contributed by atoms with Crippen LogP contribution in [0.3, 0.4) is 0 Å². The topological polar surface area (TPSA) is 179 Å². The molecule has 0 aliphatic rings. The molecule has 4 aromatic rings. The van der Waals surface area contributed by atoms with Gasteiger partial charge in [-0.3, -0.25) is 14.4 Å². The van der Waals surface area contributed by atoms with Crippen LogP contribution in [0, 0.1) is 0 Å². The SMILES string of the molecule is CC(C)(Br)C(=O)Cc1cc(C(C)(C)C)on1.CN(C(C)(C)C(=O)Cc1cc(C(C)(C)C)on1)S(=O)(=O)c1ccc(Cl)cc1.CNC(C)(C)C(=O)Cc1cc(C(C)(C)C)on1. The van der Waals surface area contributed by atoms with Crippen LogP contribution in [-0.4, -0.2) is 75.0 Å². The minimum absolute atomic E-state index is 0.0208. The molecule has 60 heavy (non-hydrogen) atoms. The highest BCUT2D eigenvalue weighted by atomic mass is 79.9. The van der Waals surface area contributed by atoms with Crippen molar-refractivity contribution in [3.63, 3.8) is 0 Å². The number of halogens is 2. The molecule has 0 fully saturated rings. The van der Waals surface area contributed by atoms with E-state index < -0.39 is 25.4 Å². The highest BCUT2D eigenvalue weighted by Crippen LogP contribution is 2.29. The van der Waals surface area contributed by atoms with E-state index in [2.05, 4.69) is 57.5 Å². The molecule has 13 nitrogen and oxygen atoms in total. The van der Waals surface area contributed by atoms with E-state index in [4.69, 9.17) is 25.2 Å². The van der Waals surface area contributed by atoms with Crippen molar-refractivity contribution in [2.24, 2.45) is 0 Å². The second-order valence-electron chi connectivity index (χ2n) is 19.4. The van der Waals surface area contributed by atoms with Crippen LogP contribution in [0.1, 0.15) is 138 Å². The third kappa shape index (κ3) is 14.8. The fourth-order valence-corrected chi connectivity index (χ4v) is 6.53. The lowest BCUT2D eigenvalue weighted by Gasteiger charge is -2.33. The van der Waals surface area contributed by atoms with Crippen molar-refractivity contribution in [2.75, 3.05) is 14.1 Å². The quantitative estimate of drug-likeness (QED) is 0.126. The number of ketones is 3. The van der Waals surface area contributed by atoms with E-state index in [0.29, 0.717) is 40.7 Å². The van der Waals surface area contributed by atoms with Crippen molar-refractivity contribution in [1.29, 1.82) is 0 Å². The Morgan fingerprint density at radius 1 is 0.633 bits per heavy atom. The smallest absolute Gasteiger partial charge is 0.243 e. The Balaban J connectivity index is 0.000000327. The summed E-state index contributed by atoms with van der Waals surface area (Å²) in [6.45, 7) is 28.8. The van der Waals surface area contributed by atoms with Gasteiger partial charge in [0, 0.05) is 46.5 Å². The van der Waals surface area contributed by atoms with E-state index in [1.54, 1.807) is 27.0 Å². The zero-order valence-corrected chi connectivity index (χ0v) is 41.5. The lowest BCUT2D eigenvalue weighted by atomic mass is 9.92. The number of hydrogen-bond donors (Lipinski definition) is 1. The number of alkyl halides is 1. The number of aromatic nitrogens is 3. The molecular weight excluding hydrogens is 874 g/mol. The third-order valence-corrected chi connectivity index (χ3v) is 12.6. The molecule has 3 heterocycles.